The molecule has 160 valence electrons. The van der Waals surface area contributed by atoms with Crippen molar-refractivity contribution < 1.29 is 19.4 Å². The zero-order valence-electron chi connectivity index (χ0n) is 16.7. The van der Waals surface area contributed by atoms with E-state index in [4.69, 9.17) is 27.9 Å². The summed E-state index contributed by atoms with van der Waals surface area (Å²) < 4.78 is 7.20. The summed E-state index contributed by atoms with van der Waals surface area (Å²) >= 11 is 12.3. The Morgan fingerprint density at radius 2 is 1.87 bits per heavy atom. The molecule has 1 aromatic heterocycles. The van der Waals surface area contributed by atoms with Crippen LogP contribution in [0.2, 0.25) is 10.0 Å². The molecule has 0 aliphatic carbocycles. The number of aromatic carboxylic acids is 1. The number of carbonyl (C=O) groups is 2. The number of carboxylic acid groups (broad SMARTS) is 1. The average molecular weight is 460 g/mol. The third-order valence-corrected chi connectivity index (χ3v) is 5.12. The van der Waals surface area contributed by atoms with Gasteiger partial charge >= 0.3 is 5.97 Å². The Kier molecular flexibility index (Phi) is 6.99. The fourth-order valence-electron chi connectivity index (χ4n) is 3.02. The normalized spacial score (nSPS) is 11.0. The summed E-state index contributed by atoms with van der Waals surface area (Å²) in [7, 11) is 0. The van der Waals surface area contributed by atoms with Crippen LogP contribution < -0.4 is 10.2 Å². The topological polar surface area (TPSA) is 92.9 Å². The summed E-state index contributed by atoms with van der Waals surface area (Å²) in [6.45, 7) is 3.47. The zero-order chi connectivity index (χ0) is 22.5. The lowest BCUT2D eigenvalue weighted by Crippen LogP contribution is -2.24. The molecule has 0 saturated carbocycles. The highest BCUT2D eigenvalue weighted by molar-refractivity contribution is 6.32. The van der Waals surface area contributed by atoms with E-state index in [1.54, 1.807) is 30.3 Å². The van der Waals surface area contributed by atoms with Gasteiger partial charge in [0.15, 0.2) is 6.61 Å². The maximum atomic E-state index is 12.0. The zero-order valence-corrected chi connectivity index (χ0v) is 18.2. The number of carboxylic acids is 1. The van der Waals surface area contributed by atoms with Crippen molar-refractivity contribution in [3.63, 3.8) is 0 Å². The number of nitrogens with zero attached hydrogens (tertiary/aromatic N) is 2. The molecule has 1 amide bonds. The minimum atomic E-state index is -1.04. The molecule has 0 aliphatic heterocycles. The van der Waals surface area contributed by atoms with Crippen LogP contribution >= 0.6 is 23.2 Å². The fraction of sp³-hybridized carbons (Fsp3) is 0.136. The van der Waals surface area contributed by atoms with E-state index in [0.29, 0.717) is 21.5 Å². The quantitative estimate of drug-likeness (QED) is 0.397. The van der Waals surface area contributed by atoms with Crippen molar-refractivity contribution in [2.75, 3.05) is 6.61 Å². The summed E-state index contributed by atoms with van der Waals surface area (Å²) in [5.41, 5.74) is 5.44. The molecule has 2 aromatic carbocycles. The van der Waals surface area contributed by atoms with E-state index in [2.05, 4.69) is 10.5 Å². The lowest BCUT2D eigenvalue weighted by molar-refractivity contribution is -0.123. The van der Waals surface area contributed by atoms with E-state index >= 15 is 0 Å². The van der Waals surface area contributed by atoms with Gasteiger partial charge in [0.2, 0.25) is 0 Å². The maximum Gasteiger partial charge on any atom is 0.335 e. The first-order valence-corrected chi connectivity index (χ1v) is 9.95. The number of carbonyl (C=O) groups excluding carboxylic acids is 1. The Bertz CT molecular complexity index is 1170. The second kappa shape index (κ2) is 9.68. The molecular formula is C22H19Cl2N3O4. The van der Waals surface area contributed by atoms with Crippen molar-refractivity contribution in [1.82, 2.24) is 9.99 Å². The lowest BCUT2D eigenvalue weighted by atomic mass is 10.2. The van der Waals surface area contributed by atoms with Gasteiger partial charge in [0, 0.05) is 17.0 Å². The fourth-order valence-corrected chi connectivity index (χ4v) is 3.41. The summed E-state index contributed by atoms with van der Waals surface area (Å²) in [4.78, 5) is 23.3. The van der Waals surface area contributed by atoms with Crippen LogP contribution in [0.15, 0.2) is 53.6 Å². The Morgan fingerprint density at radius 3 is 2.58 bits per heavy atom. The number of hydrazone groups is 1. The summed E-state index contributed by atoms with van der Waals surface area (Å²) in [6, 6.07) is 13.2. The van der Waals surface area contributed by atoms with Gasteiger partial charge in [0.05, 0.1) is 27.5 Å². The van der Waals surface area contributed by atoms with E-state index < -0.39 is 11.9 Å². The molecule has 0 aliphatic rings. The molecule has 0 saturated heterocycles. The Morgan fingerprint density at radius 1 is 1.13 bits per heavy atom. The molecule has 0 radical (unpaired) electrons. The SMILES string of the molecule is Cc1cc(/C=N\NC(=O)COc2ccccc2Cl)c(C)n1-c1cc(C(=O)O)ccc1Cl. The Hall–Kier alpha value is -3.29. The molecule has 2 N–H and O–H groups in total. The second-order valence-electron chi connectivity index (χ2n) is 6.65. The van der Waals surface area contributed by atoms with Gasteiger partial charge in [-0.1, -0.05) is 35.3 Å². The van der Waals surface area contributed by atoms with Gasteiger partial charge in [-0.15, -0.1) is 0 Å². The third-order valence-electron chi connectivity index (χ3n) is 4.49. The van der Waals surface area contributed by atoms with Gasteiger partial charge in [0.1, 0.15) is 5.75 Å². The molecule has 0 unspecified atom stereocenters. The van der Waals surface area contributed by atoms with Gasteiger partial charge in [-0.2, -0.15) is 5.10 Å². The number of amides is 1. The third kappa shape index (κ3) is 5.25. The van der Waals surface area contributed by atoms with Crippen molar-refractivity contribution in [2.24, 2.45) is 5.10 Å². The van der Waals surface area contributed by atoms with Crippen LogP contribution in [0.25, 0.3) is 5.69 Å². The van der Waals surface area contributed by atoms with Gasteiger partial charge in [-0.25, -0.2) is 10.2 Å². The van der Waals surface area contributed by atoms with E-state index in [9.17, 15) is 14.7 Å². The average Bonchev–Trinajstić information content (AvgIpc) is 3.01. The van der Waals surface area contributed by atoms with Gasteiger partial charge in [0.25, 0.3) is 5.91 Å². The van der Waals surface area contributed by atoms with Crippen LogP contribution in [-0.2, 0) is 4.79 Å². The van der Waals surface area contributed by atoms with Crippen LogP contribution in [-0.4, -0.2) is 34.4 Å². The number of ether oxygens (including phenoxy) is 1. The number of rotatable bonds is 7. The number of benzene rings is 2. The van der Waals surface area contributed by atoms with Crippen molar-refractivity contribution in [1.29, 1.82) is 0 Å². The first kappa shape index (κ1) is 22.4. The van der Waals surface area contributed by atoms with Crippen molar-refractivity contribution in [2.45, 2.75) is 13.8 Å². The van der Waals surface area contributed by atoms with Crippen LogP contribution in [0.3, 0.4) is 0 Å². The van der Waals surface area contributed by atoms with Crippen LogP contribution in [0.5, 0.6) is 5.75 Å². The monoisotopic (exact) mass is 459 g/mol. The first-order valence-electron chi connectivity index (χ1n) is 9.19. The predicted molar refractivity (Wildman–Crippen MR) is 120 cm³/mol. The molecule has 0 spiro atoms. The number of hydrogen-bond donors (Lipinski definition) is 2. The minimum Gasteiger partial charge on any atom is -0.482 e. The molecule has 3 rings (SSSR count). The summed E-state index contributed by atoms with van der Waals surface area (Å²) in [6.07, 6.45) is 1.50. The van der Waals surface area contributed by atoms with Crippen molar-refractivity contribution in [3.05, 3.63) is 81.1 Å². The smallest absolute Gasteiger partial charge is 0.335 e. The molecule has 0 fully saturated rings. The second-order valence-corrected chi connectivity index (χ2v) is 7.46. The van der Waals surface area contributed by atoms with E-state index in [1.165, 1.54) is 18.3 Å². The summed E-state index contributed by atoms with van der Waals surface area (Å²) in [5, 5.41) is 14.1. The molecule has 0 atom stereocenters. The van der Waals surface area contributed by atoms with Crippen LogP contribution in [0.1, 0.15) is 27.3 Å². The van der Waals surface area contributed by atoms with Crippen molar-refractivity contribution in [3.8, 4) is 11.4 Å². The van der Waals surface area contributed by atoms with Gasteiger partial charge in [-0.05, 0) is 50.2 Å². The first-order chi connectivity index (χ1) is 14.8. The largest absolute Gasteiger partial charge is 0.482 e. The highest BCUT2D eigenvalue weighted by Crippen LogP contribution is 2.27. The lowest BCUT2D eigenvalue weighted by Gasteiger charge is -2.12. The molecule has 0 bridgehead atoms. The van der Waals surface area contributed by atoms with Crippen LogP contribution in [0.4, 0.5) is 0 Å². The predicted octanol–water partition coefficient (Wildman–Crippen LogP) is 4.63. The number of para-hydroxylation sites is 1. The molecule has 7 nitrogen and oxygen atoms in total. The highest BCUT2D eigenvalue weighted by Gasteiger charge is 2.15. The Labute approximate surface area is 188 Å². The number of nitrogens with one attached hydrogen (secondary N) is 1. The summed E-state index contributed by atoms with van der Waals surface area (Å²) in [5.74, 6) is -1.07. The molecule has 3 aromatic rings. The molecular weight excluding hydrogens is 441 g/mol. The number of hydrogen-bond acceptors (Lipinski definition) is 4. The molecule has 1 heterocycles. The number of aryl methyl sites for hydroxylation is 1. The standard InChI is InChI=1S/C22H19Cl2N3O4/c1-13-9-16(11-25-26-21(28)12-31-20-6-4-3-5-18(20)24)14(2)27(13)19-10-15(22(29)30)7-8-17(19)23/h3-11H,12H2,1-2H3,(H,26,28)(H,29,30)/b25-11-. The van der Waals surface area contributed by atoms with E-state index in [-0.39, 0.29) is 12.2 Å². The van der Waals surface area contributed by atoms with E-state index in [1.807, 2.05) is 24.5 Å². The van der Waals surface area contributed by atoms with Crippen LogP contribution in [0, 0.1) is 13.8 Å². The number of aromatic nitrogens is 1. The van der Waals surface area contributed by atoms with Crippen molar-refractivity contribution >= 4 is 41.3 Å². The number of halogens is 2. The highest BCUT2D eigenvalue weighted by atomic mass is 35.5. The maximum absolute atomic E-state index is 12.0. The Balaban J connectivity index is 1.72. The molecule has 9 heteroatoms. The molecule has 31 heavy (non-hydrogen) atoms. The van der Waals surface area contributed by atoms with Gasteiger partial charge in [-0.3, -0.25) is 4.79 Å². The van der Waals surface area contributed by atoms with E-state index in [0.717, 1.165) is 17.0 Å². The minimum absolute atomic E-state index is 0.132. The van der Waals surface area contributed by atoms with Gasteiger partial charge < -0.3 is 14.4 Å².